The van der Waals surface area contributed by atoms with Crippen LogP contribution in [0.3, 0.4) is 0 Å². The van der Waals surface area contributed by atoms with Gasteiger partial charge in [-0.05, 0) is 49.9 Å². The molecule has 1 amide bonds. The molecule has 1 aromatic carbocycles. The van der Waals surface area contributed by atoms with Crippen molar-refractivity contribution in [3.63, 3.8) is 0 Å². The zero-order valence-electron chi connectivity index (χ0n) is 12.8. The van der Waals surface area contributed by atoms with Crippen molar-refractivity contribution >= 4 is 17.3 Å². The number of nitrogens with one attached hydrogen (secondary N) is 1. The molecule has 2 aliphatic rings. The Bertz CT molecular complexity index is 455. The van der Waals surface area contributed by atoms with Gasteiger partial charge in [0.05, 0.1) is 0 Å². The molecule has 3 nitrogen and oxygen atoms in total. The van der Waals surface area contributed by atoms with E-state index in [1.165, 1.54) is 44.2 Å². The van der Waals surface area contributed by atoms with Crippen LogP contribution in [0.2, 0.25) is 0 Å². The smallest absolute Gasteiger partial charge is 0.227 e. The number of hydrogen-bond acceptors (Lipinski definition) is 2. The molecular weight excluding hydrogens is 260 g/mol. The van der Waals surface area contributed by atoms with Crippen molar-refractivity contribution in [2.24, 2.45) is 5.92 Å². The van der Waals surface area contributed by atoms with Gasteiger partial charge in [0.25, 0.3) is 0 Å². The molecule has 1 aliphatic carbocycles. The minimum Gasteiger partial charge on any atom is -0.372 e. The van der Waals surface area contributed by atoms with Crippen molar-refractivity contribution < 1.29 is 4.79 Å². The van der Waals surface area contributed by atoms with E-state index in [1.807, 2.05) is 12.1 Å². The maximum atomic E-state index is 12.1. The second-order valence-electron chi connectivity index (χ2n) is 6.42. The van der Waals surface area contributed by atoms with E-state index in [2.05, 4.69) is 22.3 Å². The van der Waals surface area contributed by atoms with Crippen molar-refractivity contribution in [1.82, 2.24) is 0 Å². The molecule has 1 saturated heterocycles. The summed E-state index contributed by atoms with van der Waals surface area (Å²) in [4.78, 5) is 14.6. The first-order valence-electron chi connectivity index (χ1n) is 8.49. The lowest BCUT2D eigenvalue weighted by Gasteiger charge is -2.23. The van der Waals surface area contributed by atoms with E-state index in [4.69, 9.17) is 0 Å². The number of anilines is 2. The molecule has 0 aromatic heterocycles. The van der Waals surface area contributed by atoms with Crippen LogP contribution in [0.4, 0.5) is 11.4 Å². The standard InChI is InChI=1S/C18H26N2O/c21-18(15-7-3-4-8-15)19-16-9-11-17(12-10-16)20-13-5-1-2-6-14-20/h9-12,15H,1-8,13-14H2,(H,19,21). The molecule has 3 heteroatoms. The highest BCUT2D eigenvalue weighted by atomic mass is 16.1. The summed E-state index contributed by atoms with van der Waals surface area (Å²) in [5, 5.41) is 3.07. The molecule has 114 valence electrons. The molecule has 1 aliphatic heterocycles. The van der Waals surface area contributed by atoms with E-state index in [1.54, 1.807) is 0 Å². The highest BCUT2D eigenvalue weighted by Gasteiger charge is 2.22. The lowest BCUT2D eigenvalue weighted by Crippen LogP contribution is -2.24. The summed E-state index contributed by atoms with van der Waals surface area (Å²) < 4.78 is 0. The highest BCUT2D eigenvalue weighted by Crippen LogP contribution is 2.27. The fourth-order valence-electron chi connectivity index (χ4n) is 3.52. The predicted molar refractivity (Wildman–Crippen MR) is 87.7 cm³/mol. The van der Waals surface area contributed by atoms with Gasteiger partial charge >= 0.3 is 0 Å². The third-order valence-electron chi connectivity index (χ3n) is 4.83. The molecule has 0 bridgehead atoms. The van der Waals surface area contributed by atoms with E-state index in [0.717, 1.165) is 31.6 Å². The summed E-state index contributed by atoms with van der Waals surface area (Å²) >= 11 is 0. The average molecular weight is 286 g/mol. The summed E-state index contributed by atoms with van der Waals surface area (Å²) in [7, 11) is 0. The van der Waals surface area contributed by atoms with Crippen LogP contribution in [-0.2, 0) is 4.79 Å². The van der Waals surface area contributed by atoms with Gasteiger partial charge in [0, 0.05) is 30.4 Å². The Morgan fingerprint density at radius 3 is 2.14 bits per heavy atom. The molecule has 3 rings (SSSR count). The number of nitrogens with zero attached hydrogens (tertiary/aromatic N) is 1. The molecule has 1 N–H and O–H groups in total. The van der Waals surface area contributed by atoms with Crippen LogP contribution in [0.5, 0.6) is 0 Å². The van der Waals surface area contributed by atoms with Crippen molar-refractivity contribution in [2.45, 2.75) is 51.4 Å². The zero-order chi connectivity index (χ0) is 14.5. The monoisotopic (exact) mass is 286 g/mol. The maximum Gasteiger partial charge on any atom is 0.227 e. The first-order valence-corrected chi connectivity index (χ1v) is 8.49. The average Bonchev–Trinajstić information content (AvgIpc) is 2.91. The molecule has 1 heterocycles. The summed E-state index contributed by atoms with van der Waals surface area (Å²) in [6, 6.07) is 8.39. The number of hydrogen-bond donors (Lipinski definition) is 1. The van der Waals surface area contributed by atoms with E-state index < -0.39 is 0 Å². The van der Waals surface area contributed by atoms with E-state index in [9.17, 15) is 4.79 Å². The first kappa shape index (κ1) is 14.4. The van der Waals surface area contributed by atoms with Gasteiger partial charge in [0.15, 0.2) is 0 Å². The summed E-state index contributed by atoms with van der Waals surface area (Å²) in [6.07, 6.45) is 9.80. The summed E-state index contributed by atoms with van der Waals surface area (Å²) in [5.41, 5.74) is 2.22. The molecule has 0 atom stereocenters. The maximum absolute atomic E-state index is 12.1. The Morgan fingerprint density at radius 2 is 1.52 bits per heavy atom. The van der Waals surface area contributed by atoms with E-state index >= 15 is 0 Å². The molecule has 21 heavy (non-hydrogen) atoms. The summed E-state index contributed by atoms with van der Waals surface area (Å²) in [5.74, 6) is 0.435. The Kier molecular flexibility index (Phi) is 4.79. The van der Waals surface area contributed by atoms with Gasteiger partial charge in [0.2, 0.25) is 5.91 Å². The molecule has 0 unspecified atom stereocenters. The van der Waals surface area contributed by atoms with Crippen molar-refractivity contribution in [3.8, 4) is 0 Å². The fourth-order valence-corrected chi connectivity index (χ4v) is 3.52. The number of rotatable bonds is 3. The zero-order valence-corrected chi connectivity index (χ0v) is 12.8. The van der Waals surface area contributed by atoms with Crippen LogP contribution in [0.25, 0.3) is 0 Å². The lowest BCUT2D eigenvalue weighted by atomic mass is 10.1. The van der Waals surface area contributed by atoms with Gasteiger partial charge in [-0.25, -0.2) is 0 Å². The Balaban J connectivity index is 1.59. The Morgan fingerprint density at radius 1 is 0.905 bits per heavy atom. The van der Waals surface area contributed by atoms with Gasteiger partial charge in [-0.1, -0.05) is 25.7 Å². The number of benzene rings is 1. The van der Waals surface area contributed by atoms with Crippen LogP contribution in [0, 0.1) is 5.92 Å². The van der Waals surface area contributed by atoms with Crippen molar-refractivity contribution in [2.75, 3.05) is 23.3 Å². The first-order chi connectivity index (χ1) is 10.3. The third-order valence-corrected chi connectivity index (χ3v) is 4.83. The molecule has 0 spiro atoms. The third kappa shape index (κ3) is 3.78. The fraction of sp³-hybridized carbons (Fsp3) is 0.611. The molecular formula is C18H26N2O. The molecule has 1 saturated carbocycles. The molecule has 2 fully saturated rings. The van der Waals surface area contributed by atoms with Crippen LogP contribution in [0.1, 0.15) is 51.4 Å². The second-order valence-corrected chi connectivity index (χ2v) is 6.42. The Hall–Kier alpha value is -1.51. The topological polar surface area (TPSA) is 32.3 Å². The quantitative estimate of drug-likeness (QED) is 0.903. The number of carbonyl (C=O) groups is 1. The van der Waals surface area contributed by atoms with Crippen LogP contribution < -0.4 is 10.2 Å². The Labute approximate surface area is 127 Å². The highest BCUT2D eigenvalue weighted by molar-refractivity contribution is 5.92. The van der Waals surface area contributed by atoms with E-state index in [0.29, 0.717) is 0 Å². The predicted octanol–water partition coefficient (Wildman–Crippen LogP) is 4.20. The van der Waals surface area contributed by atoms with Gasteiger partial charge in [-0.3, -0.25) is 4.79 Å². The van der Waals surface area contributed by atoms with Gasteiger partial charge in [0.1, 0.15) is 0 Å². The van der Waals surface area contributed by atoms with Crippen LogP contribution >= 0.6 is 0 Å². The summed E-state index contributed by atoms with van der Waals surface area (Å²) in [6.45, 7) is 2.32. The SMILES string of the molecule is O=C(Nc1ccc(N2CCCCCC2)cc1)C1CCCC1. The second kappa shape index (κ2) is 6.97. The molecule has 1 aromatic rings. The molecule has 0 radical (unpaired) electrons. The number of amides is 1. The van der Waals surface area contributed by atoms with Crippen LogP contribution in [-0.4, -0.2) is 19.0 Å². The van der Waals surface area contributed by atoms with E-state index in [-0.39, 0.29) is 11.8 Å². The van der Waals surface area contributed by atoms with Crippen molar-refractivity contribution in [3.05, 3.63) is 24.3 Å². The normalized spacial score (nSPS) is 20.3. The lowest BCUT2D eigenvalue weighted by molar-refractivity contribution is -0.119. The minimum absolute atomic E-state index is 0.204. The van der Waals surface area contributed by atoms with Crippen molar-refractivity contribution in [1.29, 1.82) is 0 Å². The van der Waals surface area contributed by atoms with Gasteiger partial charge < -0.3 is 10.2 Å². The minimum atomic E-state index is 0.204. The van der Waals surface area contributed by atoms with Crippen LogP contribution in [0.15, 0.2) is 24.3 Å². The van der Waals surface area contributed by atoms with Gasteiger partial charge in [-0.2, -0.15) is 0 Å². The largest absolute Gasteiger partial charge is 0.372 e. The van der Waals surface area contributed by atoms with Gasteiger partial charge in [-0.15, -0.1) is 0 Å². The number of carbonyl (C=O) groups excluding carboxylic acids is 1.